The molecule has 2 aliphatic rings. The zero-order valence-electron chi connectivity index (χ0n) is 12.5. The van der Waals surface area contributed by atoms with Crippen LogP contribution in [0.3, 0.4) is 0 Å². The molecule has 1 N–H and O–H groups in total. The molecule has 0 aliphatic heterocycles. The quantitative estimate of drug-likeness (QED) is 0.805. The lowest BCUT2D eigenvalue weighted by atomic mass is 9.93. The topological polar surface area (TPSA) is 15.3 Å². The fraction of sp³-hybridized carbons (Fsp3) is 1.00. The molecule has 0 heterocycles. The summed E-state index contributed by atoms with van der Waals surface area (Å²) in [4.78, 5) is 2.63. The SMILES string of the molecule is CC(CNC1CCCCC1)N(C)C1CCCCC1. The van der Waals surface area contributed by atoms with Gasteiger partial charge in [-0.15, -0.1) is 0 Å². The van der Waals surface area contributed by atoms with Gasteiger partial charge in [-0.3, -0.25) is 4.90 Å². The smallest absolute Gasteiger partial charge is 0.0192 e. The predicted molar refractivity (Wildman–Crippen MR) is 79.0 cm³/mol. The van der Waals surface area contributed by atoms with E-state index in [1.165, 1.54) is 70.8 Å². The molecule has 2 nitrogen and oxygen atoms in total. The number of hydrogen-bond donors (Lipinski definition) is 1. The Morgan fingerprint density at radius 3 is 2.11 bits per heavy atom. The van der Waals surface area contributed by atoms with Gasteiger partial charge in [0.2, 0.25) is 0 Å². The Hall–Kier alpha value is -0.0800. The van der Waals surface area contributed by atoms with Gasteiger partial charge in [0.15, 0.2) is 0 Å². The normalized spacial score (nSPS) is 25.5. The van der Waals surface area contributed by atoms with Gasteiger partial charge in [0.05, 0.1) is 0 Å². The first-order valence-electron chi connectivity index (χ1n) is 8.22. The lowest BCUT2D eigenvalue weighted by Gasteiger charge is -2.36. The van der Waals surface area contributed by atoms with E-state index < -0.39 is 0 Å². The van der Waals surface area contributed by atoms with Crippen LogP contribution < -0.4 is 5.32 Å². The van der Waals surface area contributed by atoms with Gasteiger partial charge in [0.1, 0.15) is 0 Å². The Balaban J connectivity index is 1.67. The number of rotatable bonds is 5. The molecule has 2 aliphatic carbocycles. The van der Waals surface area contributed by atoms with E-state index in [0.717, 1.165) is 12.1 Å². The van der Waals surface area contributed by atoms with Gasteiger partial charge in [0.25, 0.3) is 0 Å². The van der Waals surface area contributed by atoms with Gasteiger partial charge in [0, 0.05) is 24.7 Å². The fourth-order valence-corrected chi connectivity index (χ4v) is 3.64. The molecule has 0 bridgehead atoms. The average molecular weight is 252 g/mol. The molecular formula is C16H32N2. The van der Waals surface area contributed by atoms with Gasteiger partial charge >= 0.3 is 0 Å². The largest absolute Gasteiger partial charge is 0.312 e. The first-order chi connectivity index (χ1) is 8.77. The Morgan fingerprint density at radius 2 is 1.50 bits per heavy atom. The maximum atomic E-state index is 3.80. The summed E-state index contributed by atoms with van der Waals surface area (Å²) >= 11 is 0. The first-order valence-corrected chi connectivity index (χ1v) is 8.22. The highest BCUT2D eigenvalue weighted by atomic mass is 15.2. The van der Waals surface area contributed by atoms with Gasteiger partial charge in [-0.05, 0) is 39.7 Å². The van der Waals surface area contributed by atoms with Crippen LogP contribution in [0.2, 0.25) is 0 Å². The molecule has 2 heteroatoms. The summed E-state index contributed by atoms with van der Waals surface area (Å²) in [5.41, 5.74) is 0. The molecule has 1 atom stereocenters. The van der Waals surface area contributed by atoms with Gasteiger partial charge in [-0.1, -0.05) is 38.5 Å². The van der Waals surface area contributed by atoms with Crippen molar-refractivity contribution in [3.05, 3.63) is 0 Å². The summed E-state index contributed by atoms with van der Waals surface area (Å²) in [7, 11) is 2.34. The summed E-state index contributed by atoms with van der Waals surface area (Å²) in [5.74, 6) is 0. The van der Waals surface area contributed by atoms with Crippen molar-refractivity contribution in [1.29, 1.82) is 0 Å². The van der Waals surface area contributed by atoms with Crippen LogP contribution in [0.25, 0.3) is 0 Å². The van der Waals surface area contributed by atoms with Crippen molar-refractivity contribution >= 4 is 0 Å². The third-order valence-electron chi connectivity index (χ3n) is 5.15. The summed E-state index contributed by atoms with van der Waals surface area (Å²) in [6, 6.07) is 2.35. The highest BCUT2D eigenvalue weighted by molar-refractivity contribution is 4.80. The molecule has 0 saturated heterocycles. The number of hydrogen-bond acceptors (Lipinski definition) is 2. The maximum Gasteiger partial charge on any atom is 0.0192 e. The zero-order chi connectivity index (χ0) is 12.8. The van der Waals surface area contributed by atoms with Crippen molar-refractivity contribution in [1.82, 2.24) is 10.2 Å². The lowest BCUT2D eigenvalue weighted by molar-refractivity contribution is 0.140. The van der Waals surface area contributed by atoms with Crippen molar-refractivity contribution in [3.8, 4) is 0 Å². The summed E-state index contributed by atoms with van der Waals surface area (Å²) in [6.07, 6.45) is 14.3. The summed E-state index contributed by atoms with van der Waals surface area (Å²) < 4.78 is 0. The molecule has 1 unspecified atom stereocenters. The molecule has 2 fully saturated rings. The molecule has 0 aromatic rings. The van der Waals surface area contributed by atoms with Crippen LogP contribution in [0.4, 0.5) is 0 Å². The standard InChI is InChI=1S/C16H32N2/c1-14(13-17-15-9-5-3-6-10-15)18(2)16-11-7-4-8-12-16/h14-17H,3-13H2,1-2H3. The van der Waals surface area contributed by atoms with Crippen molar-refractivity contribution in [2.24, 2.45) is 0 Å². The van der Waals surface area contributed by atoms with Crippen LogP contribution >= 0.6 is 0 Å². The molecule has 18 heavy (non-hydrogen) atoms. The Labute approximate surface area is 114 Å². The predicted octanol–water partition coefficient (Wildman–Crippen LogP) is 3.56. The van der Waals surface area contributed by atoms with Crippen LogP contribution in [-0.4, -0.2) is 36.6 Å². The average Bonchev–Trinajstić information content (AvgIpc) is 2.46. The Bertz CT molecular complexity index is 217. The summed E-state index contributed by atoms with van der Waals surface area (Å²) in [5, 5.41) is 3.80. The van der Waals surface area contributed by atoms with E-state index in [9.17, 15) is 0 Å². The van der Waals surface area contributed by atoms with Crippen LogP contribution in [0.15, 0.2) is 0 Å². The molecule has 0 amide bonds. The minimum Gasteiger partial charge on any atom is -0.312 e. The number of nitrogens with zero attached hydrogens (tertiary/aromatic N) is 1. The summed E-state index contributed by atoms with van der Waals surface area (Å²) in [6.45, 7) is 3.57. The maximum absolute atomic E-state index is 3.80. The van der Waals surface area contributed by atoms with Crippen molar-refractivity contribution in [2.75, 3.05) is 13.6 Å². The van der Waals surface area contributed by atoms with Gasteiger partial charge < -0.3 is 5.32 Å². The molecule has 0 radical (unpaired) electrons. The van der Waals surface area contributed by atoms with E-state index in [1.54, 1.807) is 0 Å². The van der Waals surface area contributed by atoms with Gasteiger partial charge in [-0.2, -0.15) is 0 Å². The molecular weight excluding hydrogens is 220 g/mol. The van der Waals surface area contributed by atoms with E-state index >= 15 is 0 Å². The lowest BCUT2D eigenvalue weighted by Crippen LogP contribution is -2.46. The number of likely N-dealkylation sites (N-methyl/N-ethyl adjacent to an activating group) is 1. The highest BCUT2D eigenvalue weighted by Crippen LogP contribution is 2.23. The van der Waals surface area contributed by atoms with Gasteiger partial charge in [-0.25, -0.2) is 0 Å². The highest BCUT2D eigenvalue weighted by Gasteiger charge is 2.22. The Morgan fingerprint density at radius 1 is 0.944 bits per heavy atom. The minimum atomic E-state index is 0.690. The van der Waals surface area contributed by atoms with E-state index in [1.807, 2.05) is 0 Å². The minimum absolute atomic E-state index is 0.690. The second kappa shape index (κ2) is 7.49. The zero-order valence-corrected chi connectivity index (χ0v) is 12.5. The monoisotopic (exact) mass is 252 g/mol. The molecule has 2 saturated carbocycles. The van der Waals surface area contributed by atoms with E-state index in [2.05, 4.69) is 24.2 Å². The van der Waals surface area contributed by atoms with Crippen molar-refractivity contribution < 1.29 is 0 Å². The van der Waals surface area contributed by atoms with E-state index in [0.29, 0.717) is 6.04 Å². The third kappa shape index (κ3) is 4.24. The van der Waals surface area contributed by atoms with Crippen molar-refractivity contribution in [3.63, 3.8) is 0 Å². The first kappa shape index (κ1) is 14.3. The van der Waals surface area contributed by atoms with Crippen LogP contribution in [-0.2, 0) is 0 Å². The Kier molecular flexibility index (Phi) is 5.97. The third-order valence-corrected chi connectivity index (χ3v) is 5.15. The second-order valence-corrected chi connectivity index (χ2v) is 6.55. The molecule has 0 spiro atoms. The van der Waals surface area contributed by atoms with Crippen LogP contribution in [0.1, 0.15) is 71.1 Å². The van der Waals surface area contributed by atoms with E-state index in [-0.39, 0.29) is 0 Å². The molecule has 2 rings (SSSR count). The van der Waals surface area contributed by atoms with Crippen LogP contribution in [0.5, 0.6) is 0 Å². The molecule has 106 valence electrons. The fourth-order valence-electron chi connectivity index (χ4n) is 3.64. The molecule has 0 aromatic carbocycles. The second-order valence-electron chi connectivity index (χ2n) is 6.55. The van der Waals surface area contributed by atoms with Crippen molar-refractivity contribution in [2.45, 2.75) is 89.3 Å². The van der Waals surface area contributed by atoms with E-state index in [4.69, 9.17) is 0 Å². The van der Waals surface area contributed by atoms with Crippen LogP contribution in [0, 0.1) is 0 Å². The molecule has 0 aromatic heterocycles. The number of nitrogens with one attached hydrogen (secondary N) is 1.